The van der Waals surface area contributed by atoms with Gasteiger partial charge in [0.1, 0.15) is 0 Å². The number of amides is 3. The molecule has 0 N–H and O–H groups in total. The highest BCUT2D eigenvalue weighted by molar-refractivity contribution is 6.34. The van der Waals surface area contributed by atoms with Gasteiger partial charge in [0.2, 0.25) is 0 Å². The first kappa shape index (κ1) is 19.6. The zero-order valence-corrected chi connectivity index (χ0v) is 16.7. The Morgan fingerprint density at radius 2 is 1.37 bits per heavy atom. The molecule has 3 aromatic rings. The van der Waals surface area contributed by atoms with Crippen molar-refractivity contribution in [2.75, 3.05) is 11.4 Å². The van der Waals surface area contributed by atoms with Gasteiger partial charge in [0, 0.05) is 18.7 Å². The first-order chi connectivity index (χ1) is 14.6. The quantitative estimate of drug-likeness (QED) is 0.573. The molecule has 0 unspecified atom stereocenters. The van der Waals surface area contributed by atoms with Crippen molar-refractivity contribution < 1.29 is 14.4 Å². The van der Waals surface area contributed by atoms with Gasteiger partial charge in [-0.3, -0.25) is 14.4 Å². The molecule has 0 bridgehead atoms. The molecule has 1 aliphatic heterocycles. The minimum absolute atomic E-state index is 0.0744. The second kappa shape index (κ2) is 8.33. The fraction of sp³-hybridized carbons (Fsp3) is 0.160. The van der Waals surface area contributed by atoms with Crippen LogP contribution < -0.4 is 4.90 Å². The van der Waals surface area contributed by atoms with Crippen LogP contribution in [0.3, 0.4) is 0 Å². The van der Waals surface area contributed by atoms with E-state index in [4.69, 9.17) is 0 Å². The van der Waals surface area contributed by atoms with Crippen molar-refractivity contribution >= 4 is 23.4 Å². The summed E-state index contributed by atoms with van der Waals surface area (Å²) in [6.45, 7) is 3.22. The van der Waals surface area contributed by atoms with Crippen LogP contribution in [-0.4, -0.2) is 29.2 Å². The summed E-state index contributed by atoms with van der Waals surface area (Å²) >= 11 is 0. The molecule has 3 aromatic carbocycles. The molecule has 0 atom stereocenters. The zero-order chi connectivity index (χ0) is 21.1. The summed E-state index contributed by atoms with van der Waals surface area (Å²) in [6, 6.07) is 23.3. The molecule has 1 heterocycles. The highest BCUT2D eigenvalue weighted by Gasteiger charge is 2.36. The third-order valence-electron chi connectivity index (χ3n) is 5.16. The van der Waals surface area contributed by atoms with E-state index >= 15 is 0 Å². The van der Waals surface area contributed by atoms with Crippen LogP contribution in [0.15, 0.2) is 78.9 Å². The van der Waals surface area contributed by atoms with E-state index in [-0.39, 0.29) is 17.7 Å². The summed E-state index contributed by atoms with van der Waals surface area (Å²) in [4.78, 5) is 41.3. The van der Waals surface area contributed by atoms with Crippen molar-refractivity contribution in [3.8, 4) is 0 Å². The van der Waals surface area contributed by atoms with E-state index in [0.717, 1.165) is 16.9 Å². The lowest BCUT2D eigenvalue weighted by atomic mass is 10.1. The molecule has 0 spiro atoms. The number of carbonyl (C=O) groups excluding carboxylic acids is 3. The van der Waals surface area contributed by atoms with Gasteiger partial charge >= 0.3 is 0 Å². The molecule has 30 heavy (non-hydrogen) atoms. The number of rotatable bonds is 6. The maximum absolute atomic E-state index is 13.1. The van der Waals surface area contributed by atoms with Crippen LogP contribution in [0.5, 0.6) is 0 Å². The maximum atomic E-state index is 13.1. The van der Waals surface area contributed by atoms with Gasteiger partial charge in [0.15, 0.2) is 0 Å². The van der Waals surface area contributed by atoms with Crippen LogP contribution in [0.2, 0.25) is 0 Å². The topological polar surface area (TPSA) is 57.7 Å². The minimum Gasteiger partial charge on any atom is -0.334 e. The molecule has 0 aliphatic carbocycles. The SMILES string of the molecule is CCCN(Cc1ccccc1)C(=O)c1ccc(N2C(=O)c3ccccc3C2=O)cc1. The molecule has 4 rings (SSSR count). The summed E-state index contributed by atoms with van der Waals surface area (Å²) in [5, 5.41) is 0. The summed E-state index contributed by atoms with van der Waals surface area (Å²) in [5.74, 6) is -0.757. The summed E-state index contributed by atoms with van der Waals surface area (Å²) < 4.78 is 0. The fourth-order valence-electron chi connectivity index (χ4n) is 3.69. The molecule has 0 saturated heterocycles. The predicted molar refractivity (Wildman–Crippen MR) is 115 cm³/mol. The third-order valence-corrected chi connectivity index (χ3v) is 5.16. The maximum Gasteiger partial charge on any atom is 0.266 e. The van der Waals surface area contributed by atoms with Gasteiger partial charge in [-0.25, -0.2) is 4.90 Å². The molecule has 5 heteroatoms. The van der Waals surface area contributed by atoms with Gasteiger partial charge in [-0.2, -0.15) is 0 Å². The van der Waals surface area contributed by atoms with Crippen molar-refractivity contribution in [2.24, 2.45) is 0 Å². The van der Waals surface area contributed by atoms with Crippen LogP contribution in [0.4, 0.5) is 5.69 Å². The van der Waals surface area contributed by atoms with E-state index in [0.29, 0.717) is 35.5 Å². The van der Waals surface area contributed by atoms with Gasteiger partial charge in [0.05, 0.1) is 16.8 Å². The minimum atomic E-state index is -0.341. The molecule has 1 aliphatic rings. The van der Waals surface area contributed by atoms with Crippen LogP contribution in [-0.2, 0) is 6.54 Å². The summed E-state index contributed by atoms with van der Waals surface area (Å²) in [7, 11) is 0. The smallest absolute Gasteiger partial charge is 0.266 e. The van der Waals surface area contributed by atoms with E-state index < -0.39 is 0 Å². The van der Waals surface area contributed by atoms with Gasteiger partial charge in [-0.05, 0) is 48.4 Å². The Labute approximate surface area is 175 Å². The second-order valence-corrected chi connectivity index (χ2v) is 7.25. The summed E-state index contributed by atoms with van der Waals surface area (Å²) in [5.41, 5.74) is 2.86. The standard InChI is InChI=1S/C25H22N2O3/c1-2-16-26(17-18-8-4-3-5-9-18)23(28)19-12-14-20(15-13-19)27-24(29)21-10-6-7-11-22(21)25(27)30/h3-15H,2,16-17H2,1H3. The van der Waals surface area contributed by atoms with Crippen molar-refractivity contribution in [3.63, 3.8) is 0 Å². The number of imide groups is 1. The molecule has 0 saturated carbocycles. The lowest BCUT2D eigenvalue weighted by molar-refractivity contribution is 0.0743. The van der Waals surface area contributed by atoms with Gasteiger partial charge < -0.3 is 4.90 Å². The van der Waals surface area contributed by atoms with Crippen LogP contribution >= 0.6 is 0 Å². The monoisotopic (exact) mass is 398 g/mol. The Morgan fingerprint density at radius 1 is 0.800 bits per heavy atom. The van der Waals surface area contributed by atoms with Crippen molar-refractivity contribution in [1.82, 2.24) is 4.90 Å². The number of fused-ring (bicyclic) bond motifs is 1. The van der Waals surface area contributed by atoms with E-state index in [1.54, 1.807) is 48.5 Å². The van der Waals surface area contributed by atoms with Gasteiger partial charge in [-0.1, -0.05) is 49.4 Å². The summed E-state index contributed by atoms with van der Waals surface area (Å²) in [6.07, 6.45) is 0.853. The Kier molecular flexibility index (Phi) is 5.44. The number of anilines is 1. The number of carbonyl (C=O) groups is 3. The number of nitrogens with zero attached hydrogens (tertiary/aromatic N) is 2. The fourth-order valence-corrected chi connectivity index (χ4v) is 3.69. The molecule has 150 valence electrons. The zero-order valence-electron chi connectivity index (χ0n) is 16.7. The molecule has 3 amide bonds. The third kappa shape index (κ3) is 3.62. The van der Waals surface area contributed by atoms with Crippen molar-refractivity contribution in [3.05, 3.63) is 101 Å². The molecule has 0 aromatic heterocycles. The second-order valence-electron chi connectivity index (χ2n) is 7.25. The highest BCUT2D eigenvalue weighted by atomic mass is 16.2. The number of hydrogen-bond donors (Lipinski definition) is 0. The van der Waals surface area contributed by atoms with Crippen molar-refractivity contribution in [2.45, 2.75) is 19.9 Å². The van der Waals surface area contributed by atoms with Crippen LogP contribution in [0.25, 0.3) is 0 Å². The lowest BCUT2D eigenvalue weighted by Gasteiger charge is -2.23. The molecule has 5 nitrogen and oxygen atoms in total. The van der Waals surface area contributed by atoms with Crippen LogP contribution in [0, 0.1) is 0 Å². The average Bonchev–Trinajstić information content (AvgIpc) is 3.04. The Hall–Kier alpha value is -3.73. The van der Waals surface area contributed by atoms with Crippen molar-refractivity contribution in [1.29, 1.82) is 0 Å². The van der Waals surface area contributed by atoms with E-state index in [9.17, 15) is 14.4 Å². The normalized spacial score (nSPS) is 12.8. The average molecular weight is 398 g/mol. The first-order valence-electron chi connectivity index (χ1n) is 10.0. The van der Waals surface area contributed by atoms with E-state index in [2.05, 4.69) is 0 Å². The van der Waals surface area contributed by atoms with Gasteiger partial charge in [0.25, 0.3) is 17.7 Å². The highest BCUT2D eigenvalue weighted by Crippen LogP contribution is 2.28. The van der Waals surface area contributed by atoms with E-state index in [1.165, 1.54) is 0 Å². The lowest BCUT2D eigenvalue weighted by Crippen LogP contribution is -2.32. The number of benzene rings is 3. The molecular weight excluding hydrogens is 376 g/mol. The molecule has 0 fully saturated rings. The Balaban J connectivity index is 1.55. The molecular formula is C25H22N2O3. The Bertz CT molecular complexity index is 1060. The van der Waals surface area contributed by atoms with Crippen LogP contribution in [0.1, 0.15) is 50.0 Å². The first-order valence-corrected chi connectivity index (χ1v) is 10.0. The van der Waals surface area contributed by atoms with E-state index in [1.807, 2.05) is 42.2 Å². The molecule has 0 radical (unpaired) electrons. The number of hydrogen-bond acceptors (Lipinski definition) is 3. The van der Waals surface area contributed by atoms with Gasteiger partial charge in [-0.15, -0.1) is 0 Å². The Morgan fingerprint density at radius 3 is 1.93 bits per heavy atom. The largest absolute Gasteiger partial charge is 0.334 e. The predicted octanol–water partition coefficient (Wildman–Crippen LogP) is 4.54.